The average Bonchev–Trinajstić information content (AvgIpc) is 3.13. The van der Waals surface area contributed by atoms with Crippen molar-refractivity contribution >= 4 is 22.7 Å². The average molecular weight is 486 g/mol. The number of imidazole rings is 1. The summed E-state index contributed by atoms with van der Waals surface area (Å²) < 4.78 is 30.0. The molecule has 1 aliphatic heterocycles. The van der Waals surface area contributed by atoms with Crippen LogP contribution in [0.5, 0.6) is 0 Å². The van der Waals surface area contributed by atoms with Gasteiger partial charge in [-0.25, -0.2) is 13.6 Å². The first-order valence-electron chi connectivity index (χ1n) is 12.8. The minimum atomic E-state index is -0.268. The number of nitrogens with zero attached hydrogens (tertiary/aromatic N) is 2. The fraction of sp³-hybridized carbons (Fsp3) is 0.300. The molecule has 0 radical (unpaired) electrons. The van der Waals surface area contributed by atoms with E-state index in [1.165, 1.54) is 12.1 Å². The largest absolute Gasteiger partial charge is 0.326 e. The second kappa shape index (κ2) is 9.17. The molecule has 0 amide bonds. The molecule has 1 saturated heterocycles. The van der Waals surface area contributed by atoms with E-state index in [0.717, 1.165) is 76.9 Å². The quantitative estimate of drug-likeness (QED) is 0.390. The number of halogens is 2. The maximum Gasteiger partial charge on any atom is 0.326 e. The number of H-pyrrole nitrogens is 1. The van der Waals surface area contributed by atoms with Crippen molar-refractivity contribution in [1.29, 1.82) is 0 Å². The second-order valence-electron chi connectivity index (χ2n) is 9.90. The van der Waals surface area contributed by atoms with Gasteiger partial charge >= 0.3 is 5.69 Å². The zero-order valence-corrected chi connectivity index (χ0v) is 20.4. The van der Waals surface area contributed by atoms with Crippen LogP contribution in [-0.2, 0) is 12.8 Å². The second-order valence-corrected chi connectivity index (χ2v) is 9.90. The highest BCUT2D eigenvalue weighted by molar-refractivity contribution is 5.95. The Morgan fingerprint density at radius 1 is 0.917 bits per heavy atom. The van der Waals surface area contributed by atoms with E-state index in [9.17, 15) is 13.6 Å². The monoisotopic (exact) mass is 485 g/mol. The van der Waals surface area contributed by atoms with Gasteiger partial charge in [-0.2, -0.15) is 0 Å². The maximum absolute atomic E-state index is 14.1. The van der Waals surface area contributed by atoms with Crippen LogP contribution in [0.25, 0.3) is 22.7 Å². The Morgan fingerprint density at radius 3 is 2.17 bits per heavy atom. The van der Waals surface area contributed by atoms with Gasteiger partial charge in [0.15, 0.2) is 0 Å². The minimum absolute atomic E-state index is 0.0686. The number of rotatable bonds is 3. The van der Waals surface area contributed by atoms with E-state index in [4.69, 9.17) is 0 Å². The lowest BCUT2D eigenvalue weighted by Crippen LogP contribution is -2.36. The Hall–Kier alpha value is -3.51. The summed E-state index contributed by atoms with van der Waals surface area (Å²) in [6.07, 6.45) is 5.29. The molecule has 4 aromatic rings. The minimum Gasteiger partial charge on any atom is -0.306 e. The Labute approximate surface area is 208 Å². The predicted molar refractivity (Wildman–Crippen MR) is 140 cm³/mol. The summed E-state index contributed by atoms with van der Waals surface area (Å²) >= 11 is 0. The predicted octanol–water partition coefficient (Wildman–Crippen LogP) is 5.95. The molecule has 1 aliphatic carbocycles. The van der Waals surface area contributed by atoms with Gasteiger partial charge in [0.05, 0.1) is 11.0 Å². The molecule has 3 aromatic carbocycles. The highest BCUT2D eigenvalue weighted by Crippen LogP contribution is 2.36. The summed E-state index contributed by atoms with van der Waals surface area (Å²) in [5.41, 5.74) is 7.26. The lowest BCUT2D eigenvalue weighted by Gasteiger charge is -2.31. The highest BCUT2D eigenvalue weighted by atomic mass is 19.1. The number of nitrogens with one attached hydrogen (secondary N) is 1. The van der Waals surface area contributed by atoms with Crippen molar-refractivity contribution in [3.8, 4) is 0 Å². The highest BCUT2D eigenvalue weighted by Gasteiger charge is 2.23. The lowest BCUT2D eigenvalue weighted by atomic mass is 9.92. The number of fused-ring (bicyclic) bond motifs is 3. The van der Waals surface area contributed by atoms with Gasteiger partial charge in [0, 0.05) is 19.1 Å². The third-order valence-corrected chi connectivity index (χ3v) is 7.80. The van der Waals surface area contributed by atoms with Crippen LogP contribution in [0.4, 0.5) is 8.78 Å². The zero-order chi connectivity index (χ0) is 24.8. The van der Waals surface area contributed by atoms with Crippen LogP contribution in [0.2, 0.25) is 0 Å². The number of aromatic nitrogens is 2. The molecular formula is C30H29F2N3O. The van der Waals surface area contributed by atoms with E-state index in [-0.39, 0.29) is 23.4 Å². The normalized spacial score (nSPS) is 16.6. The maximum atomic E-state index is 14.1. The number of hydrogen-bond donors (Lipinski definition) is 1. The Kier molecular flexibility index (Phi) is 5.84. The van der Waals surface area contributed by atoms with Crippen molar-refractivity contribution in [2.45, 2.75) is 38.6 Å². The summed E-state index contributed by atoms with van der Waals surface area (Å²) in [6.45, 7) is 5.22. The first-order chi connectivity index (χ1) is 17.5. The molecule has 2 aliphatic rings. The van der Waals surface area contributed by atoms with Crippen molar-refractivity contribution in [3.63, 3.8) is 0 Å². The summed E-state index contributed by atoms with van der Waals surface area (Å²) in [7, 11) is 0. The van der Waals surface area contributed by atoms with E-state index in [2.05, 4.69) is 22.9 Å². The van der Waals surface area contributed by atoms with Crippen LogP contribution >= 0.6 is 0 Å². The van der Waals surface area contributed by atoms with Gasteiger partial charge in [-0.3, -0.25) is 4.57 Å². The van der Waals surface area contributed by atoms with Gasteiger partial charge in [0.25, 0.3) is 0 Å². The molecule has 0 spiro atoms. The molecule has 6 rings (SSSR count). The topological polar surface area (TPSA) is 41.0 Å². The summed E-state index contributed by atoms with van der Waals surface area (Å²) in [6, 6.07) is 16.0. The van der Waals surface area contributed by atoms with Gasteiger partial charge in [-0.15, -0.1) is 0 Å². The van der Waals surface area contributed by atoms with Crippen molar-refractivity contribution in [2.24, 2.45) is 0 Å². The summed E-state index contributed by atoms with van der Waals surface area (Å²) in [5.74, 6) is -0.536. The van der Waals surface area contributed by atoms with Crippen LogP contribution in [0.15, 0.2) is 59.4 Å². The molecule has 6 heteroatoms. The molecule has 1 N–H and O–H groups in total. The number of piperidine rings is 1. The lowest BCUT2D eigenvalue weighted by molar-refractivity contribution is 0.195. The Bertz CT molecular complexity index is 1480. The fourth-order valence-electron chi connectivity index (χ4n) is 5.90. The molecule has 0 atom stereocenters. The molecule has 2 heterocycles. The van der Waals surface area contributed by atoms with Crippen molar-refractivity contribution < 1.29 is 8.78 Å². The third-order valence-electron chi connectivity index (χ3n) is 7.80. The van der Waals surface area contributed by atoms with E-state index in [1.54, 1.807) is 12.1 Å². The van der Waals surface area contributed by atoms with Crippen molar-refractivity contribution in [1.82, 2.24) is 14.5 Å². The van der Waals surface area contributed by atoms with E-state index in [1.807, 2.05) is 34.9 Å². The van der Waals surface area contributed by atoms with Crippen LogP contribution in [0.3, 0.4) is 0 Å². The van der Waals surface area contributed by atoms with E-state index >= 15 is 0 Å². The van der Waals surface area contributed by atoms with Gasteiger partial charge in [0.1, 0.15) is 11.6 Å². The van der Waals surface area contributed by atoms with Crippen LogP contribution in [-0.4, -0.2) is 34.1 Å². The molecule has 36 heavy (non-hydrogen) atoms. The van der Waals surface area contributed by atoms with E-state index < -0.39 is 0 Å². The molecule has 0 unspecified atom stereocenters. The van der Waals surface area contributed by atoms with Crippen LogP contribution in [0, 0.1) is 11.6 Å². The SMILES string of the molecule is CCN1CCC(n2c(=O)[nH]c3cc(C=C4c5ccc(F)cc5CCc5cc(F)ccc54)ccc32)CC1. The van der Waals surface area contributed by atoms with Crippen LogP contribution in [0.1, 0.15) is 53.6 Å². The molecule has 4 nitrogen and oxygen atoms in total. The third kappa shape index (κ3) is 4.09. The zero-order valence-electron chi connectivity index (χ0n) is 20.4. The molecule has 1 aromatic heterocycles. The van der Waals surface area contributed by atoms with Gasteiger partial charge < -0.3 is 9.88 Å². The van der Waals surface area contributed by atoms with Gasteiger partial charge in [-0.1, -0.05) is 25.1 Å². The summed E-state index contributed by atoms with van der Waals surface area (Å²) in [5, 5.41) is 0. The first-order valence-corrected chi connectivity index (χ1v) is 12.8. The van der Waals surface area contributed by atoms with Gasteiger partial charge in [-0.05, 0) is 108 Å². The standard InChI is InChI=1S/C30H29F2N3O/c1-2-34-13-11-24(12-14-34)35-29-10-3-19(16-28(29)33-30(35)36)15-27-25-8-6-22(31)17-20(25)4-5-21-18-23(32)7-9-26(21)27/h3,6-10,15-18,24H,2,4-5,11-14H2,1H3,(H,33,36). The van der Waals surface area contributed by atoms with Crippen LogP contribution < -0.4 is 5.69 Å². The van der Waals surface area contributed by atoms with E-state index in [0.29, 0.717) is 12.8 Å². The number of likely N-dealkylation sites (tertiary alicyclic amines) is 1. The Morgan fingerprint density at radius 2 is 1.56 bits per heavy atom. The first kappa shape index (κ1) is 22.9. The molecule has 1 fully saturated rings. The number of aryl methyl sites for hydroxylation is 2. The fourth-order valence-corrected chi connectivity index (χ4v) is 5.90. The molecule has 0 saturated carbocycles. The number of benzene rings is 3. The number of hydrogen-bond acceptors (Lipinski definition) is 2. The summed E-state index contributed by atoms with van der Waals surface area (Å²) in [4.78, 5) is 18.4. The smallest absolute Gasteiger partial charge is 0.306 e. The van der Waals surface area contributed by atoms with Gasteiger partial charge in [0.2, 0.25) is 0 Å². The Balaban J connectivity index is 1.44. The number of aromatic amines is 1. The molecule has 0 bridgehead atoms. The van der Waals surface area contributed by atoms with Crippen molar-refractivity contribution in [3.05, 3.63) is 105 Å². The van der Waals surface area contributed by atoms with Crippen molar-refractivity contribution in [2.75, 3.05) is 19.6 Å². The molecular weight excluding hydrogens is 456 g/mol. The molecule has 184 valence electrons.